The molecule has 1 unspecified atom stereocenters. The Hall–Kier alpha value is -2.14. The van der Waals surface area contributed by atoms with Gasteiger partial charge in [-0.05, 0) is 19.4 Å². The smallest absolute Gasteiger partial charge is 0.234 e. The van der Waals surface area contributed by atoms with Crippen molar-refractivity contribution in [1.29, 1.82) is 0 Å². The van der Waals surface area contributed by atoms with Crippen molar-refractivity contribution < 1.29 is 4.79 Å². The maximum absolute atomic E-state index is 11.8. The third-order valence-electron chi connectivity index (χ3n) is 3.42. The highest BCUT2D eigenvalue weighted by atomic mass is 16.1. The molecule has 0 saturated carbocycles. The van der Waals surface area contributed by atoms with E-state index in [1.807, 2.05) is 57.4 Å². The van der Waals surface area contributed by atoms with Gasteiger partial charge in [-0.1, -0.05) is 30.3 Å². The zero-order valence-electron chi connectivity index (χ0n) is 12.8. The second-order valence-corrected chi connectivity index (χ2v) is 5.21. The zero-order chi connectivity index (χ0) is 15.2. The molecule has 1 amide bonds. The molecule has 0 aliphatic rings. The van der Waals surface area contributed by atoms with Crippen LogP contribution in [0.2, 0.25) is 0 Å². The predicted molar refractivity (Wildman–Crippen MR) is 82.7 cm³/mol. The van der Waals surface area contributed by atoms with E-state index in [4.69, 9.17) is 0 Å². The fourth-order valence-electron chi connectivity index (χ4n) is 2.26. The van der Waals surface area contributed by atoms with Crippen LogP contribution in [0.5, 0.6) is 0 Å². The first kappa shape index (κ1) is 15.3. The van der Waals surface area contributed by atoms with E-state index in [1.165, 1.54) is 0 Å². The van der Waals surface area contributed by atoms with Crippen molar-refractivity contribution in [2.75, 3.05) is 6.54 Å². The Bertz CT molecular complexity index is 592. The van der Waals surface area contributed by atoms with Crippen molar-refractivity contribution >= 4 is 5.91 Å². The molecule has 0 aliphatic heterocycles. The van der Waals surface area contributed by atoms with Crippen LogP contribution in [0.3, 0.4) is 0 Å². The Morgan fingerprint density at radius 2 is 2.05 bits per heavy atom. The van der Waals surface area contributed by atoms with Gasteiger partial charge in [-0.3, -0.25) is 9.48 Å². The third kappa shape index (κ3) is 4.43. The van der Waals surface area contributed by atoms with Crippen molar-refractivity contribution in [3.8, 4) is 0 Å². The Kier molecular flexibility index (Phi) is 5.11. The normalized spacial score (nSPS) is 12.1. The molecule has 0 spiro atoms. The molecule has 21 heavy (non-hydrogen) atoms. The van der Waals surface area contributed by atoms with Gasteiger partial charge in [0.2, 0.25) is 5.91 Å². The molecule has 1 heterocycles. The summed E-state index contributed by atoms with van der Waals surface area (Å²) < 4.78 is 1.79. The first-order valence-electron chi connectivity index (χ1n) is 7.10. The molecule has 0 bridgehead atoms. The van der Waals surface area contributed by atoms with E-state index in [-0.39, 0.29) is 11.9 Å². The number of carbonyl (C=O) groups is 1. The van der Waals surface area contributed by atoms with Gasteiger partial charge in [-0.25, -0.2) is 0 Å². The largest absolute Gasteiger partial charge is 0.351 e. The Morgan fingerprint density at radius 1 is 1.33 bits per heavy atom. The summed E-state index contributed by atoms with van der Waals surface area (Å²) in [7, 11) is 1.90. The van der Waals surface area contributed by atoms with Gasteiger partial charge in [0.15, 0.2) is 0 Å². The molecule has 5 nitrogen and oxygen atoms in total. The van der Waals surface area contributed by atoms with Crippen molar-refractivity contribution in [3.05, 3.63) is 53.3 Å². The summed E-state index contributed by atoms with van der Waals surface area (Å²) in [5, 5.41) is 10.4. The first-order valence-corrected chi connectivity index (χ1v) is 7.10. The molecule has 1 aromatic heterocycles. The summed E-state index contributed by atoms with van der Waals surface area (Å²) in [6.07, 6.45) is 1.98. The van der Waals surface area contributed by atoms with Gasteiger partial charge >= 0.3 is 0 Å². The van der Waals surface area contributed by atoms with Crippen LogP contribution in [0.4, 0.5) is 0 Å². The van der Waals surface area contributed by atoms with Crippen LogP contribution in [0, 0.1) is 6.92 Å². The summed E-state index contributed by atoms with van der Waals surface area (Å²) in [5.74, 6) is -0.00718. The molecule has 0 fully saturated rings. The average molecular weight is 286 g/mol. The molecule has 5 heteroatoms. The van der Waals surface area contributed by atoms with Gasteiger partial charge in [0.25, 0.3) is 0 Å². The van der Waals surface area contributed by atoms with Crippen molar-refractivity contribution in [3.63, 3.8) is 0 Å². The number of nitrogens with one attached hydrogen (secondary N) is 2. The van der Waals surface area contributed by atoms with Crippen LogP contribution in [-0.4, -0.2) is 22.2 Å². The number of aromatic nitrogens is 2. The lowest BCUT2D eigenvalue weighted by molar-refractivity contribution is -0.120. The highest BCUT2D eigenvalue weighted by Crippen LogP contribution is 2.14. The number of amides is 1. The molecular weight excluding hydrogens is 264 g/mol. The van der Waals surface area contributed by atoms with Gasteiger partial charge in [0.1, 0.15) is 0 Å². The lowest BCUT2D eigenvalue weighted by Crippen LogP contribution is -2.34. The lowest BCUT2D eigenvalue weighted by Gasteiger charge is -2.13. The standard InChI is InChI=1S/C16H22N4O/c1-12(15-11-20(3)19-13(15)2)17-10-16(21)18-9-14-7-5-4-6-8-14/h4-8,11-12,17H,9-10H2,1-3H3,(H,18,21). The molecular formula is C16H22N4O. The molecule has 112 valence electrons. The van der Waals surface area contributed by atoms with Gasteiger partial charge in [-0.15, -0.1) is 0 Å². The third-order valence-corrected chi connectivity index (χ3v) is 3.42. The fraction of sp³-hybridized carbons (Fsp3) is 0.375. The second-order valence-electron chi connectivity index (χ2n) is 5.21. The molecule has 1 aromatic carbocycles. The van der Waals surface area contributed by atoms with E-state index < -0.39 is 0 Å². The second kappa shape index (κ2) is 7.04. The van der Waals surface area contributed by atoms with Crippen molar-refractivity contribution in [2.45, 2.75) is 26.4 Å². The summed E-state index contributed by atoms with van der Waals surface area (Å²) in [5.41, 5.74) is 3.21. The van der Waals surface area contributed by atoms with Crippen LogP contribution in [-0.2, 0) is 18.4 Å². The fourth-order valence-corrected chi connectivity index (χ4v) is 2.26. The monoisotopic (exact) mass is 286 g/mol. The van der Waals surface area contributed by atoms with E-state index in [0.29, 0.717) is 13.1 Å². The van der Waals surface area contributed by atoms with Crippen LogP contribution >= 0.6 is 0 Å². The van der Waals surface area contributed by atoms with Gasteiger partial charge in [0, 0.05) is 31.4 Å². The number of hydrogen-bond acceptors (Lipinski definition) is 3. The molecule has 2 rings (SSSR count). The van der Waals surface area contributed by atoms with Crippen LogP contribution in [0.15, 0.2) is 36.5 Å². The van der Waals surface area contributed by atoms with E-state index in [9.17, 15) is 4.79 Å². The van der Waals surface area contributed by atoms with E-state index in [0.717, 1.165) is 16.8 Å². The molecule has 0 saturated heterocycles. The van der Waals surface area contributed by atoms with Crippen LogP contribution < -0.4 is 10.6 Å². The summed E-state index contributed by atoms with van der Waals surface area (Å²) in [6.45, 7) is 4.86. The van der Waals surface area contributed by atoms with Crippen molar-refractivity contribution in [2.24, 2.45) is 7.05 Å². The summed E-state index contributed by atoms with van der Waals surface area (Å²) in [6, 6.07) is 9.98. The number of rotatable bonds is 6. The van der Waals surface area contributed by atoms with Crippen LogP contribution in [0.1, 0.15) is 29.8 Å². The quantitative estimate of drug-likeness (QED) is 0.849. The molecule has 2 N–H and O–H groups in total. The van der Waals surface area contributed by atoms with Crippen molar-refractivity contribution in [1.82, 2.24) is 20.4 Å². The van der Waals surface area contributed by atoms with Gasteiger partial charge in [-0.2, -0.15) is 5.10 Å². The van der Waals surface area contributed by atoms with Crippen LogP contribution in [0.25, 0.3) is 0 Å². The first-order chi connectivity index (χ1) is 10.1. The highest BCUT2D eigenvalue weighted by Gasteiger charge is 2.12. The number of nitrogens with zero attached hydrogens (tertiary/aromatic N) is 2. The summed E-state index contributed by atoms with van der Waals surface area (Å²) in [4.78, 5) is 11.8. The lowest BCUT2D eigenvalue weighted by atomic mass is 10.1. The molecule has 0 radical (unpaired) electrons. The predicted octanol–water partition coefficient (Wildman–Crippen LogP) is 1.70. The summed E-state index contributed by atoms with van der Waals surface area (Å²) >= 11 is 0. The number of hydrogen-bond donors (Lipinski definition) is 2. The Labute approximate surface area is 125 Å². The zero-order valence-corrected chi connectivity index (χ0v) is 12.8. The molecule has 1 atom stereocenters. The maximum Gasteiger partial charge on any atom is 0.234 e. The molecule has 0 aliphatic carbocycles. The number of benzene rings is 1. The SMILES string of the molecule is Cc1nn(C)cc1C(C)NCC(=O)NCc1ccccc1. The Morgan fingerprint density at radius 3 is 2.67 bits per heavy atom. The van der Waals surface area contributed by atoms with E-state index in [1.54, 1.807) is 4.68 Å². The highest BCUT2D eigenvalue weighted by molar-refractivity contribution is 5.78. The maximum atomic E-state index is 11.8. The Balaban J connectivity index is 1.77. The minimum absolute atomic E-state index is 0.00718. The van der Waals surface area contributed by atoms with E-state index in [2.05, 4.69) is 15.7 Å². The van der Waals surface area contributed by atoms with E-state index >= 15 is 0 Å². The average Bonchev–Trinajstić information content (AvgIpc) is 2.82. The van der Waals surface area contributed by atoms with Gasteiger partial charge in [0.05, 0.1) is 12.2 Å². The molecule has 2 aromatic rings. The topological polar surface area (TPSA) is 59.0 Å². The number of aryl methyl sites for hydroxylation is 2. The minimum Gasteiger partial charge on any atom is -0.351 e. The minimum atomic E-state index is -0.00718. The van der Waals surface area contributed by atoms with Gasteiger partial charge < -0.3 is 10.6 Å². The number of carbonyl (C=O) groups excluding carboxylic acids is 1.